The topological polar surface area (TPSA) is 47.7 Å². The van der Waals surface area contributed by atoms with Gasteiger partial charge in [0.2, 0.25) is 5.95 Å². The molecule has 1 aliphatic rings. The number of hydrogen-bond donors (Lipinski definition) is 1. The molecule has 0 amide bonds. The van der Waals surface area contributed by atoms with Crippen molar-refractivity contribution < 1.29 is 0 Å². The van der Waals surface area contributed by atoms with Gasteiger partial charge in [-0.1, -0.05) is 0 Å². The highest BCUT2D eigenvalue weighted by Gasteiger charge is 2.22. The van der Waals surface area contributed by atoms with Crippen LogP contribution in [-0.2, 0) is 13.1 Å². The van der Waals surface area contributed by atoms with Crippen LogP contribution in [0.3, 0.4) is 0 Å². The van der Waals surface area contributed by atoms with Crippen LogP contribution in [0, 0.1) is 6.92 Å². The first-order chi connectivity index (χ1) is 8.31. The van der Waals surface area contributed by atoms with Gasteiger partial charge in [-0.15, -0.1) is 0 Å². The summed E-state index contributed by atoms with van der Waals surface area (Å²) in [5.41, 5.74) is 1.07. The van der Waals surface area contributed by atoms with Gasteiger partial charge in [0.25, 0.3) is 0 Å². The SMILES string of the molecule is Cc1cn(CCn2ccnc2)c(NC2CC2)n1. The minimum atomic E-state index is 0.642. The number of rotatable bonds is 5. The lowest BCUT2D eigenvalue weighted by atomic mass is 10.5. The lowest BCUT2D eigenvalue weighted by molar-refractivity contribution is 0.581. The van der Waals surface area contributed by atoms with Crippen LogP contribution in [0.4, 0.5) is 5.95 Å². The van der Waals surface area contributed by atoms with Crippen LogP contribution in [0.25, 0.3) is 0 Å². The summed E-state index contributed by atoms with van der Waals surface area (Å²) >= 11 is 0. The van der Waals surface area contributed by atoms with Gasteiger partial charge in [0.15, 0.2) is 0 Å². The fourth-order valence-electron chi connectivity index (χ4n) is 1.88. The normalized spacial score (nSPS) is 15.1. The van der Waals surface area contributed by atoms with Crippen molar-refractivity contribution in [2.45, 2.75) is 38.9 Å². The molecule has 1 saturated carbocycles. The van der Waals surface area contributed by atoms with E-state index in [-0.39, 0.29) is 0 Å². The van der Waals surface area contributed by atoms with Crippen LogP contribution in [-0.4, -0.2) is 25.1 Å². The largest absolute Gasteiger partial charge is 0.353 e. The molecule has 90 valence electrons. The molecule has 0 saturated heterocycles. The van der Waals surface area contributed by atoms with Crippen molar-refractivity contribution in [3.8, 4) is 0 Å². The number of aromatic nitrogens is 4. The summed E-state index contributed by atoms with van der Waals surface area (Å²) in [6.07, 6.45) is 10.3. The molecule has 0 bridgehead atoms. The van der Waals surface area contributed by atoms with Crippen molar-refractivity contribution in [1.82, 2.24) is 19.1 Å². The van der Waals surface area contributed by atoms with E-state index in [1.807, 2.05) is 25.6 Å². The smallest absolute Gasteiger partial charge is 0.203 e. The Kier molecular flexibility index (Phi) is 2.59. The van der Waals surface area contributed by atoms with Gasteiger partial charge in [0.1, 0.15) is 0 Å². The van der Waals surface area contributed by atoms with Gasteiger partial charge in [-0.25, -0.2) is 9.97 Å². The zero-order chi connectivity index (χ0) is 11.7. The van der Waals surface area contributed by atoms with Crippen LogP contribution < -0.4 is 5.32 Å². The second-order valence-electron chi connectivity index (χ2n) is 4.62. The minimum Gasteiger partial charge on any atom is -0.353 e. The fourth-order valence-corrected chi connectivity index (χ4v) is 1.88. The Hall–Kier alpha value is -1.78. The van der Waals surface area contributed by atoms with Gasteiger partial charge in [-0.05, 0) is 19.8 Å². The third-order valence-corrected chi connectivity index (χ3v) is 2.97. The van der Waals surface area contributed by atoms with E-state index in [4.69, 9.17) is 0 Å². The average molecular weight is 231 g/mol. The summed E-state index contributed by atoms with van der Waals surface area (Å²) in [4.78, 5) is 8.56. The third kappa shape index (κ3) is 2.49. The number of hydrogen-bond acceptors (Lipinski definition) is 3. The summed E-state index contributed by atoms with van der Waals surface area (Å²) in [6.45, 7) is 3.88. The lowest BCUT2D eigenvalue weighted by Crippen LogP contribution is -2.11. The highest BCUT2D eigenvalue weighted by molar-refractivity contribution is 5.32. The molecule has 5 nitrogen and oxygen atoms in total. The minimum absolute atomic E-state index is 0.642. The lowest BCUT2D eigenvalue weighted by Gasteiger charge is -2.09. The van der Waals surface area contributed by atoms with E-state index in [0.29, 0.717) is 6.04 Å². The number of aryl methyl sites for hydroxylation is 3. The predicted molar refractivity (Wildman–Crippen MR) is 65.8 cm³/mol. The summed E-state index contributed by atoms with van der Waals surface area (Å²) in [5, 5.41) is 3.46. The van der Waals surface area contributed by atoms with Gasteiger partial charge in [0.05, 0.1) is 12.0 Å². The molecule has 0 aromatic carbocycles. The molecule has 2 heterocycles. The van der Waals surface area contributed by atoms with Crippen molar-refractivity contribution in [1.29, 1.82) is 0 Å². The molecule has 0 atom stereocenters. The Balaban J connectivity index is 1.68. The van der Waals surface area contributed by atoms with Gasteiger partial charge >= 0.3 is 0 Å². The van der Waals surface area contributed by atoms with E-state index >= 15 is 0 Å². The molecule has 17 heavy (non-hydrogen) atoms. The maximum Gasteiger partial charge on any atom is 0.203 e. The van der Waals surface area contributed by atoms with Crippen LogP contribution in [0.2, 0.25) is 0 Å². The second-order valence-corrected chi connectivity index (χ2v) is 4.62. The van der Waals surface area contributed by atoms with Crippen molar-refractivity contribution in [3.63, 3.8) is 0 Å². The molecule has 2 aromatic rings. The molecule has 0 aliphatic heterocycles. The van der Waals surface area contributed by atoms with Gasteiger partial charge in [0, 0.05) is 37.7 Å². The molecule has 1 fully saturated rings. The average Bonchev–Trinajstić information content (AvgIpc) is 2.85. The Morgan fingerprint density at radius 1 is 1.41 bits per heavy atom. The number of nitrogens with zero attached hydrogens (tertiary/aromatic N) is 4. The first-order valence-electron chi connectivity index (χ1n) is 6.07. The van der Waals surface area contributed by atoms with E-state index in [0.717, 1.165) is 24.7 Å². The summed E-state index contributed by atoms with van der Waals surface area (Å²) in [5.74, 6) is 1.00. The first-order valence-corrected chi connectivity index (χ1v) is 6.07. The highest BCUT2D eigenvalue weighted by atomic mass is 15.2. The Labute approximate surface area is 100 Å². The number of imidazole rings is 2. The monoisotopic (exact) mass is 231 g/mol. The Bertz CT molecular complexity index is 481. The molecule has 0 radical (unpaired) electrons. The molecule has 0 unspecified atom stereocenters. The van der Waals surface area contributed by atoms with Crippen molar-refractivity contribution in [2.24, 2.45) is 0 Å². The predicted octanol–water partition coefficient (Wildman–Crippen LogP) is 1.66. The maximum absolute atomic E-state index is 4.52. The van der Waals surface area contributed by atoms with Crippen LogP contribution in [0.1, 0.15) is 18.5 Å². The molecule has 2 aromatic heterocycles. The molecule has 5 heteroatoms. The van der Waals surface area contributed by atoms with Crippen molar-refractivity contribution >= 4 is 5.95 Å². The summed E-state index contributed by atoms with van der Waals surface area (Å²) < 4.78 is 4.27. The zero-order valence-corrected chi connectivity index (χ0v) is 10.0. The molecular weight excluding hydrogens is 214 g/mol. The molecule has 0 spiro atoms. The van der Waals surface area contributed by atoms with Gasteiger partial charge in [-0.2, -0.15) is 0 Å². The molecule has 3 rings (SSSR count). The van der Waals surface area contributed by atoms with E-state index in [9.17, 15) is 0 Å². The van der Waals surface area contributed by atoms with Crippen LogP contribution in [0.5, 0.6) is 0 Å². The Morgan fingerprint density at radius 3 is 3.00 bits per heavy atom. The summed E-state index contributed by atoms with van der Waals surface area (Å²) in [7, 11) is 0. The van der Waals surface area contributed by atoms with E-state index in [2.05, 4.69) is 30.6 Å². The molecular formula is C12H17N5. The van der Waals surface area contributed by atoms with Crippen LogP contribution >= 0.6 is 0 Å². The second kappa shape index (κ2) is 4.24. The quantitative estimate of drug-likeness (QED) is 0.851. The maximum atomic E-state index is 4.52. The highest BCUT2D eigenvalue weighted by Crippen LogP contribution is 2.24. The van der Waals surface area contributed by atoms with Crippen molar-refractivity contribution in [2.75, 3.05) is 5.32 Å². The fraction of sp³-hybridized carbons (Fsp3) is 0.500. The van der Waals surface area contributed by atoms with Gasteiger partial charge in [-0.3, -0.25) is 0 Å². The zero-order valence-electron chi connectivity index (χ0n) is 10.0. The first kappa shape index (κ1) is 10.4. The third-order valence-electron chi connectivity index (χ3n) is 2.97. The van der Waals surface area contributed by atoms with Crippen molar-refractivity contribution in [3.05, 3.63) is 30.6 Å². The van der Waals surface area contributed by atoms with Gasteiger partial charge < -0.3 is 14.5 Å². The number of nitrogens with one attached hydrogen (secondary N) is 1. The van der Waals surface area contributed by atoms with E-state index in [1.165, 1.54) is 12.8 Å². The Morgan fingerprint density at radius 2 is 2.29 bits per heavy atom. The summed E-state index contributed by atoms with van der Waals surface area (Å²) in [6, 6.07) is 0.642. The number of anilines is 1. The van der Waals surface area contributed by atoms with E-state index in [1.54, 1.807) is 0 Å². The standard InChI is InChI=1S/C12H17N5/c1-10-8-17(7-6-16-5-4-13-9-16)12(14-10)15-11-2-3-11/h4-5,8-9,11H,2-3,6-7H2,1H3,(H,14,15). The molecule has 1 aliphatic carbocycles. The molecule has 1 N–H and O–H groups in total. The van der Waals surface area contributed by atoms with E-state index < -0.39 is 0 Å². The van der Waals surface area contributed by atoms with Crippen LogP contribution in [0.15, 0.2) is 24.9 Å².